The summed E-state index contributed by atoms with van der Waals surface area (Å²) in [7, 11) is 0. The number of nitrogens with zero attached hydrogens (tertiary/aromatic N) is 4. The van der Waals surface area contributed by atoms with Crippen LogP contribution in [0.5, 0.6) is 5.75 Å². The van der Waals surface area contributed by atoms with Crippen LogP contribution in [-0.4, -0.2) is 53.0 Å². The molecule has 0 unspecified atom stereocenters. The molecule has 31 heavy (non-hydrogen) atoms. The Morgan fingerprint density at radius 1 is 1.03 bits per heavy atom. The van der Waals surface area contributed by atoms with Crippen LogP contribution in [-0.2, 0) is 0 Å². The van der Waals surface area contributed by atoms with E-state index in [1.807, 2.05) is 54.3 Å². The average molecular weight is 479 g/mol. The third-order valence-electron chi connectivity index (χ3n) is 5.68. The highest BCUT2D eigenvalue weighted by Crippen LogP contribution is 2.28. The van der Waals surface area contributed by atoms with Gasteiger partial charge in [-0.15, -0.1) is 0 Å². The Bertz CT molecular complexity index is 1240. The van der Waals surface area contributed by atoms with Gasteiger partial charge in [-0.25, -0.2) is 4.98 Å². The number of hydrogen-bond acceptors (Lipinski definition) is 4. The molecule has 0 aliphatic carbocycles. The molecular formula is C24H23BrN4O2. The molecule has 1 amide bonds. The average Bonchev–Trinajstić information content (AvgIpc) is 3.29. The first-order chi connectivity index (χ1) is 15.1. The molecule has 0 N–H and O–H groups in total. The molecule has 1 aliphatic rings. The Hall–Kier alpha value is -3.06. The zero-order valence-corrected chi connectivity index (χ0v) is 18.9. The number of rotatable bonds is 4. The number of aromatic nitrogens is 2. The zero-order valence-electron chi connectivity index (χ0n) is 17.3. The predicted molar refractivity (Wildman–Crippen MR) is 126 cm³/mol. The molecule has 2 aromatic heterocycles. The van der Waals surface area contributed by atoms with E-state index >= 15 is 0 Å². The first kappa shape index (κ1) is 19.9. The van der Waals surface area contributed by atoms with Gasteiger partial charge in [0.1, 0.15) is 5.75 Å². The molecule has 6 nitrogen and oxygen atoms in total. The molecule has 7 heteroatoms. The Labute approximate surface area is 189 Å². The number of ether oxygens (including phenoxy) is 1. The van der Waals surface area contributed by atoms with Crippen molar-refractivity contribution in [1.29, 1.82) is 0 Å². The van der Waals surface area contributed by atoms with E-state index in [2.05, 4.69) is 43.6 Å². The molecule has 1 fully saturated rings. The summed E-state index contributed by atoms with van der Waals surface area (Å²) >= 11 is 3.55. The highest BCUT2D eigenvalue weighted by molar-refractivity contribution is 9.10. The van der Waals surface area contributed by atoms with E-state index in [4.69, 9.17) is 9.72 Å². The smallest absolute Gasteiger partial charge is 0.253 e. The van der Waals surface area contributed by atoms with Crippen molar-refractivity contribution in [2.24, 2.45) is 0 Å². The standard InChI is InChI=1S/C24H23BrN4O2/c1-2-31-19-8-5-17(6-9-19)24(30)28-14-12-27(13-15-28)23-22-4-3-11-29(22)21-10-7-18(25)16-20(21)26-23/h3-11,16H,2,12-15H2,1H3. The van der Waals surface area contributed by atoms with E-state index in [0.717, 1.165) is 45.7 Å². The van der Waals surface area contributed by atoms with Gasteiger partial charge in [-0.3, -0.25) is 4.79 Å². The van der Waals surface area contributed by atoms with Crippen LogP contribution in [0.4, 0.5) is 5.82 Å². The summed E-state index contributed by atoms with van der Waals surface area (Å²) in [5, 5.41) is 0. The second-order valence-corrected chi connectivity index (χ2v) is 8.48. The second-order valence-electron chi connectivity index (χ2n) is 7.57. The van der Waals surface area contributed by atoms with Gasteiger partial charge in [0.05, 0.1) is 23.2 Å². The van der Waals surface area contributed by atoms with Gasteiger partial charge in [-0.05, 0) is 61.5 Å². The Balaban J connectivity index is 1.36. The molecule has 1 saturated heterocycles. The molecular weight excluding hydrogens is 456 g/mol. The monoisotopic (exact) mass is 478 g/mol. The van der Waals surface area contributed by atoms with E-state index < -0.39 is 0 Å². The van der Waals surface area contributed by atoms with Crippen molar-refractivity contribution in [2.45, 2.75) is 6.92 Å². The van der Waals surface area contributed by atoms with E-state index in [1.165, 1.54) is 0 Å². The number of halogens is 1. The lowest BCUT2D eigenvalue weighted by Crippen LogP contribution is -2.49. The molecule has 1 aliphatic heterocycles. The van der Waals surface area contributed by atoms with E-state index in [1.54, 1.807) is 0 Å². The first-order valence-electron chi connectivity index (χ1n) is 10.5. The quantitative estimate of drug-likeness (QED) is 0.429. The van der Waals surface area contributed by atoms with Crippen LogP contribution in [0.1, 0.15) is 17.3 Å². The van der Waals surface area contributed by atoms with Gasteiger partial charge < -0.3 is 18.9 Å². The van der Waals surface area contributed by atoms with Crippen molar-refractivity contribution in [1.82, 2.24) is 14.3 Å². The lowest BCUT2D eigenvalue weighted by atomic mass is 10.1. The van der Waals surface area contributed by atoms with Gasteiger partial charge in [0.2, 0.25) is 0 Å². The fourth-order valence-electron chi connectivity index (χ4n) is 4.13. The molecule has 0 bridgehead atoms. The summed E-state index contributed by atoms with van der Waals surface area (Å²) in [6.45, 7) is 5.38. The van der Waals surface area contributed by atoms with E-state index in [9.17, 15) is 4.79 Å². The van der Waals surface area contributed by atoms with Crippen molar-refractivity contribution in [2.75, 3.05) is 37.7 Å². The summed E-state index contributed by atoms with van der Waals surface area (Å²) in [4.78, 5) is 22.1. The van der Waals surface area contributed by atoms with Crippen LogP contribution in [0.3, 0.4) is 0 Å². The largest absolute Gasteiger partial charge is 0.494 e. The van der Waals surface area contributed by atoms with Crippen LogP contribution >= 0.6 is 15.9 Å². The minimum atomic E-state index is 0.0610. The molecule has 158 valence electrons. The van der Waals surface area contributed by atoms with Crippen molar-refractivity contribution in [3.63, 3.8) is 0 Å². The number of hydrogen-bond donors (Lipinski definition) is 0. The Morgan fingerprint density at radius 3 is 2.55 bits per heavy atom. The van der Waals surface area contributed by atoms with E-state index in [0.29, 0.717) is 25.3 Å². The van der Waals surface area contributed by atoms with Crippen LogP contribution in [0.2, 0.25) is 0 Å². The number of anilines is 1. The van der Waals surface area contributed by atoms with Crippen LogP contribution < -0.4 is 9.64 Å². The topological polar surface area (TPSA) is 50.1 Å². The maximum absolute atomic E-state index is 12.9. The van der Waals surface area contributed by atoms with Crippen molar-refractivity contribution >= 4 is 44.2 Å². The fourth-order valence-corrected chi connectivity index (χ4v) is 4.48. The fraction of sp³-hybridized carbons (Fsp3) is 0.250. The predicted octanol–water partition coefficient (Wildman–Crippen LogP) is 4.61. The summed E-state index contributed by atoms with van der Waals surface area (Å²) < 4.78 is 8.66. The molecule has 0 radical (unpaired) electrons. The van der Waals surface area contributed by atoms with Gasteiger partial charge >= 0.3 is 0 Å². The van der Waals surface area contributed by atoms with Gasteiger partial charge in [-0.1, -0.05) is 15.9 Å². The normalized spacial score (nSPS) is 14.4. The highest BCUT2D eigenvalue weighted by Gasteiger charge is 2.24. The first-order valence-corrected chi connectivity index (χ1v) is 11.3. The molecule has 0 saturated carbocycles. The van der Waals surface area contributed by atoms with Crippen LogP contribution in [0, 0.1) is 0 Å². The summed E-state index contributed by atoms with van der Waals surface area (Å²) in [6, 6.07) is 17.7. The van der Waals surface area contributed by atoms with Crippen LogP contribution in [0.15, 0.2) is 65.3 Å². The summed E-state index contributed by atoms with van der Waals surface area (Å²) in [5.41, 5.74) is 3.80. The molecule has 0 spiro atoms. The number of piperazine rings is 1. The SMILES string of the molecule is CCOc1ccc(C(=O)N2CCN(c3nc4cc(Br)ccc4n4cccc34)CC2)cc1. The Kier molecular flexibility index (Phi) is 5.28. The number of benzene rings is 2. The third-order valence-corrected chi connectivity index (χ3v) is 6.17. The number of carbonyl (C=O) groups excluding carboxylic acids is 1. The van der Waals surface area contributed by atoms with Gasteiger partial charge in [-0.2, -0.15) is 0 Å². The van der Waals surface area contributed by atoms with Crippen molar-refractivity contribution in [3.8, 4) is 5.75 Å². The van der Waals surface area contributed by atoms with Gasteiger partial charge in [0.25, 0.3) is 5.91 Å². The number of amides is 1. The van der Waals surface area contributed by atoms with E-state index in [-0.39, 0.29) is 5.91 Å². The maximum Gasteiger partial charge on any atom is 0.253 e. The Morgan fingerprint density at radius 2 is 1.81 bits per heavy atom. The molecule has 3 heterocycles. The number of carbonyl (C=O) groups is 1. The second kappa shape index (κ2) is 8.23. The van der Waals surface area contributed by atoms with Crippen molar-refractivity contribution in [3.05, 3.63) is 70.8 Å². The molecule has 4 aromatic rings. The van der Waals surface area contributed by atoms with Crippen LogP contribution in [0.25, 0.3) is 16.6 Å². The summed E-state index contributed by atoms with van der Waals surface area (Å²) in [5.74, 6) is 1.81. The van der Waals surface area contributed by atoms with Gasteiger partial charge in [0, 0.05) is 42.4 Å². The minimum absolute atomic E-state index is 0.0610. The van der Waals surface area contributed by atoms with Crippen molar-refractivity contribution < 1.29 is 9.53 Å². The van der Waals surface area contributed by atoms with Gasteiger partial charge in [0.15, 0.2) is 5.82 Å². The maximum atomic E-state index is 12.9. The lowest BCUT2D eigenvalue weighted by molar-refractivity contribution is 0.0746. The molecule has 5 rings (SSSR count). The third kappa shape index (κ3) is 3.74. The highest BCUT2D eigenvalue weighted by atomic mass is 79.9. The lowest BCUT2D eigenvalue weighted by Gasteiger charge is -2.36. The number of fused-ring (bicyclic) bond motifs is 3. The molecule has 0 atom stereocenters. The minimum Gasteiger partial charge on any atom is -0.494 e. The zero-order chi connectivity index (χ0) is 21.4. The molecule has 2 aromatic carbocycles. The summed E-state index contributed by atoms with van der Waals surface area (Å²) in [6.07, 6.45) is 2.07.